The van der Waals surface area contributed by atoms with Crippen molar-refractivity contribution in [3.63, 3.8) is 0 Å². The fourth-order valence-electron chi connectivity index (χ4n) is 1.25. The summed E-state index contributed by atoms with van der Waals surface area (Å²) in [6.45, 7) is 0. The van der Waals surface area contributed by atoms with Crippen molar-refractivity contribution in [3.05, 3.63) is 58.8 Å². The van der Waals surface area contributed by atoms with E-state index in [1.807, 2.05) is 24.3 Å². The molecule has 0 atom stereocenters. The van der Waals surface area contributed by atoms with E-state index in [2.05, 4.69) is 22.0 Å². The molecule has 2 heteroatoms. The minimum Gasteiger partial charge on any atom is -0.207 e. The maximum Gasteiger partial charge on any atom is 0.123 e. The Hall–Kier alpha value is -1.15. The smallest absolute Gasteiger partial charge is 0.123 e. The highest BCUT2D eigenvalue weighted by Crippen LogP contribution is 2.21. The molecular weight excluding hydrogens is 243 g/mol. The maximum absolute atomic E-state index is 12.9. The number of halogens is 2. The SMILES string of the molecule is Fc1cccc(-c2c[c]c(Br)cc2)c1. The number of rotatable bonds is 1. The second kappa shape index (κ2) is 3.93. The van der Waals surface area contributed by atoms with Gasteiger partial charge in [0, 0.05) is 4.47 Å². The van der Waals surface area contributed by atoms with E-state index in [9.17, 15) is 4.39 Å². The topological polar surface area (TPSA) is 0 Å². The summed E-state index contributed by atoms with van der Waals surface area (Å²) in [6.07, 6.45) is 0. The molecule has 0 N–H and O–H groups in total. The summed E-state index contributed by atoms with van der Waals surface area (Å²) in [5.74, 6) is -0.217. The molecule has 0 aliphatic carbocycles. The van der Waals surface area contributed by atoms with Crippen LogP contribution in [0.2, 0.25) is 0 Å². The molecule has 0 aliphatic rings. The van der Waals surface area contributed by atoms with Crippen LogP contribution in [-0.2, 0) is 0 Å². The molecule has 0 nitrogen and oxygen atoms in total. The van der Waals surface area contributed by atoms with Crippen molar-refractivity contribution in [2.45, 2.75) is 0 Å². The van der Waals surface area contributed by atoms with E-state index >= 15 is 0 Å². The standard InChI is InChI=1S/C12H7BrF/c13-11-6-4-9(5-7-11)10-2-1-3-12(14)8-10/h1-6,8H. The van der Waals surface area contributed by atoms with Gasteiger partial charge in [0.15, 0.2) is 0 Å². The molecule has 0 spiro atoms. The molecule has 2 rings (SSSR count). The van der Waals surface area contributed by atoms with E-state index in [1.54, 1.807) is 6.07 Å². The first-order valence-corrected chi connectivity index (χ1v) is 4.98. The Labute approximate surface area is 90.5 Å². The van der Waals surface area contributed by atoms with Gasteiger partial charge in [-0.05, 0) is 41.5 Å². The van der Waals surface area contributed by atoms with Crippen molar-refractivity contribution in [2.75, 3.05) is 0 Å². The van der Waals surface area contributed by atoms with Crippen molar-refractivity contribution in [1.82, 2.24) is 0 Å². The molecule has 0 saturated carbocycles. The zero-order chi connectivity index (χ0) is 9.97. The van der Waals surface area contributed by atoms with E-state index in [4.69, 9.17) is 0 Å². The summed E-state index contributed by atoms with van der Waals surface area (Å²) in [5.41, 5.74) is 1.83. The quantitative estimate of drug-likeness (QED) is 0.716. The molecule has 2 aromatic rings. The van der Waals surface area contributed by atoms with E-state index in [0.717, 1.165) is 15.6 Å². The monoisotopic (exact) mass is 249 g/mol. The fourth-order valence-corrected chi connectivity index (χ4v) is 1.50. The highest BCUT2D eigenvalue weighted by Gasteiger charge is 1.98. The first-order chi connectivity index (χ1) is 6.75. The van der Waals surface area contributed by atoms with E-state index < -0.39 is 0 Å². The Bertz CT molecular complexity index is 434. The third-order valence-corrected chi connectivity index (χ3v) is 2.43. The van der Waals surface area contributed by atoms with E-state index in [-0.39, 0.29) is 5.82 Å². The van der Waals surface area contributed by atoms with Crippen molar-refractivity contribution in [2.24, 2.45) is 0 Å². The van der Waals surface area contributed by atoms with Crippen LogP contribution in [0.5, 0.6) is 0 Å². The van der Waals surface area contributed by atoms with Crippen LogP contribution in [0.1, 0.15) is 0 Å². The first kappa shape index (κ1) is 9.41. The van der Waals surface area contributed by atoms with Gasteiger partial charge in [-0.25, -0.2) is 4.39 Å². The van der Waals surface area contributed by atoms with Crippen molar-refractivity contribution >= 4 is 15.9 Å². The zero-order valence-corrected chi connectivity index (χ0v) is 8.88. The first-order valence-electron chi connectivity index (χ1n) is 4.19. The van der Waals surface area contributed by atoms with Gasteiger partial charge in [0.25, 0.3) is 0 Å². The zero-order valence-electron chi connectivity index (χ0n) is 7.30. The van der Waals surface area contributed by atoms with Crippen LogP contribution < -0.4 is 0 Å². The summed E-state index contributed by atoms with van der Waals surface area (Å²) in [7, 11) is 0. The highest BCUT2D eigenvalue weighted by molar-refractivity contribution is 9.10. The van der Waals surface area contributed by atoms with E-state index in [1.165, 1.54) is 12.1 Å². The number of benzene rings is 2. The molecule has 0 saturated heterocycles. The predicted octanol–water partition coefficient (Wildman–Crippen LogP) is 4.06. The third-order valence-electron chi connectivity index (χ3n) is 1.93. The van der Waals surface area contributed by atoms with Gasteiger partial charge in [0.1, 0.15) is 5.82 Å². The van der Waals surface area contributed by atoms with Gasteiger partial charge in [-0.15, -0.1) is 0 Å². The van der Waals surface area contributed by atoms with Gasteiger partial charge in [-0.3, -0.25) is 0 Å². The van der Waals surface area contributed by atoms with Gasteiger partial charge < -0.3 is 0 Å². The molecule has 69 valence electrons. The minimum atomic E-state index is -0.217. The van der Waals surface area contributed by atoms with Crippen molar-refractivity contribution < 1.29 is 4.39 Å². The summed E-state index contributed by atoms with van der Waals surface area (Å²) < 4.78 is 13.8. The largest absolute Gasteiger partial charge is 0.207 e. The lowest BCUT2D eigenvalue weighted by atomic mass is 10.1. The lowest BCUT2D eigenvalue weighted by molar-refractivity contribution is 0.628. The molecule has 0 unspecified atom stereocenters. The summed E-state index contributed by atoms with van der Waals surface area (Å²) >= 11 is 3.30. The van der Waals surface area contributed by atoms with Crippen LogP contribution in [-0.4, -0.2) is 0 Å². The summed E-state index contributed by atoms with van der Waals surface area (Å²) in [5, 5.41) is 0. The minimum absolute atomic E-state index is 0.217. The normalized spacial score (nSPS) is 10.1. The number of hydrogen-bond donors (Lipinski definition) is 0. The third kappa shape index (κ3) is 2.02. The summed E-state index contributed by atoms with van der Waals surface area (Å²) in [4.78, 5) is 0. The molecule has 0 bridgehead atoms. The van der Waals surface area contributed by atoms with Gasteiger partial charge >= 0.3 is 0 Å². The Balaban J connectivity index is 2.44. The molecular formula is C12H7BrF. The molecule has 2 aromatic carbocycles. The fraction of sp³-hybridized carbons (Fsp3) is 0. The van der Waals surface area contributed by atoms with Gasteiger partial charge in [0.2, 0.25) is 0 Å². The summed E-state index contributed by atoms with van der Waals surface area (Å²) in [6, 6.07) is 15.2. The number of hydrogen-bond acceptors (Lipinski definition) is 0. The van der Waals surface area contributed by atoms with Crippen LogP contribution in [0.3, 0.4) is 0 Å². The molecule has 0 fully saturated rings. The van der Waals surface area contributed by atoms with E-state index in [0.29, 0.717) is 0 Å². The highest BCUT2D eigenvalue weighted by atomic mass is 79.9. The van der Waals surface area contributed by atoms with Crippen LogP contribution >= 0.6 is 15.9 Å². The second-order valence-electron chi connectivity index (χ2n) is 2.94. The van der Waals surface area contributed by atoms with Gasteiger partial charge in [-0.1, -0.05) is 34.1 Å². The Morgan fingerprint density at radius 3 is 2.57 bits per heavy atom. The molecule has 0 amide bonds. The van der Waals surface area contributed by atoms with Crippen molar-refractivity contribution in [3.8, 4) is 11.1 Å². The van der Waals surface area contributed by atoms with Gasteiger partial charge in [0.05, 0.1) is 0 Å². The average Bonchev–Trinajstić information content (AvgIpc) is 2.19. The van der Waals surface area contributed by atoms with Crippen LogP contribution in [0.25, 0.3) is 11.1 Å². The lowest BCUT2D eigenvalue weighted by Crippen LogP contribution is -1.79. The molecule has 14 heavy (non-hydrogen) atoms. The second-order valence-corrected chi connectivity index (χ2v) is 3.79. The molecule has 1 radical (unpaired) electrons. The predicted molar refractivity (Wildman–Crippen MR) is 58.4 cm³/mol. The lowest BCUT2D eigenvalue weighted by Gasteiger charge is -2.00. The van der Waals surface area contributed by atoms with Crippen LogP contribution in [0, 0.1) is 11.9 Å². The van der Waals surface area contributed by atoms with Crippen molar-refractivity contribution in [1.29, 1.82) is 0 Å². The van der Waals surface area contributed by atoms with Crippen LogP contribution in [0.15, 0.2) is 46.9 Å². The Morgan fingerprint density at radius 1 is 1.07 bits per heavy atom. The average molecular weight is 250 g/mol. The Kier molecular flexibility index (Phi) is 2.64. The molecule has 0 heterocycles. The van der Waals surface area contributed by atoms with Gasteiger partial charge in [-0.2, -0.15) is 0 Å². The maximum atomic E-state index is 12.9. The molecule has 0 aromatic heterocycles. The molecule has 0 aliphatic heterocycles. The Morgan fingerprint density at radius 2 is 1.93 bits per heavy atom. The van der Waals surface area contributed by atoms with Crippen LogP contribution in [0.4, 0.5) is 4.39 Å².